The zero-order valence-corrected chi connectivity index (χ0v) is 19.3. The first-order valence-electron chi connectivity index (χ1n) is 11.4. The van der Waals surface area contributed by atoms with Crippen LogP contribution in [-0.2, 0) is 14.9 Å². The Balaban J connectivity index is 1.47. The molecule has 1 aromatic heterocycles. The van der Waals surface area contributed by atoms with Crippen LogP contribution in [0.4, 0.5) is 4.39 Å². The van der Waals surface area contributed by atoms with Gasteiger partial charge in [-0.25, -0.2) is 13.9 Å². The third kappa shape index (κ3) is 4.87. The van der Waals surface area contributed by atoms with Gasteiger partial charge in [-0.1, -0.05) is 12.1 Å². The number of halogens is 1. The van der Waals surface area contributed by atoms with Crippen molar-refractivity contribution in [2.75, 3.05) is 26.4 Å². The molecule has 4 rings (SSSR count). The van der Waals surface area contributed by atoms with Gasteiger partial charge in [0.15, 0.2) is 0 Å². The standard InChI is InChI=1S/C26H28FN3O4/c1-3-34-25(32)23-16-29-30(18(23)2)22-10-4-19(5-11-22)24(31)28-17-26(12-14-33-15-13-26)20-6-8-21(27)9-7-20/h4-11,16H,3,12-15,17H2,1-2H3,(H,28,31). The molecule has 1 aliphatic heterocycles. The Bertz CT molecular complexity index is 1150. The topological polar surface area (TPSA) is 82.5 Å². The molecule has 0 aliphatic carbocycles. The van der Waals surface area contributed by atoms with Crippen LogP contribution in [0.2, 0.25) is 0 Å². The van der Waals surface area contributed by atoms with Gasteiger partial charge >= 0.3 is 5.97 Å². The highest BCUT2D eigenvalue weighted by molar-refractivity contribution is 5.94. The van der Waals surface area contributed by atoms with Crippen molar-refractivity contribution >= 4 is 11.9 Å². The van der Waals surface area contributed by atoms with Crippen LogP contribution in [0.3, 0.4) is 0 Å². The van der Waals surface area contributed by atoms with Gasteiger partial charge in [0.1, 0.15) is 11.4 Å². The van der Waals surface area contributed by atoms with Crippen LogP contribution in [0.5, 0.6) is 0 Å². The first-order valence-corrected chi connectivity index (χ1v) is 11.4. The molecule has 3 aromatic rings. The number of nitrogens with one attached hydrogen (secondary N) is 1. The Morgan fingerprint density at radius 1 is 1.12 bits per heavy atom. The smallest absolute Gasteiger partial charge is 0.341 e. The second-order valence-corrected chi connectivity index (χ2v) is 8.41. The van der Waals surface area contributed by atoms with Gasteiger partial charge in [0.2, 0.25) is 0 Å². The minimum absolute atomic E-state index is 0.191. The molecule has 178 valence electrons. The van der Waals surface area contributed by atoms with E-state index in [1.165, 1.54) is 18.3 Å². The highest BCUT2D eigenvalue weighted by Gasteiger charge is 2.35. The lowest BCUT2D eigenvalue weighted by molar-refractivity contribution is 0.0487. The monoisotopic (exact) mass is 465 g/mol. The highest BCUT2D eigenvalue weighted by Crippen LogP contribution is 2.34. The Morgan fingerprint density at radius 3 is 2.44 bits per heavy atom. The van der Waals surface area contributed by atoms with Crippen molar-refractivity contribution in [1.82, 2.24) is 15.1 Å². The van der Waals surface area contributed by atoms with Crippen molar-refractivity contribution in [2.45, 2.75) is 32.1 Å². The number of ether oxygens (including phenoxy) is 2. The fourth-order valence-electron chi connectivity index (χ4n) is 4.32. The third-order valence-electron chi connectivity index (χ3n) is 6.37. The molecule has 0 bridgehead atoms. The second-order valence-electron chi connectivity index (χ2n) is 8.41. The number of amides is 1. The van der Waals surface area contributed by atoms with E-state index >= 15 is 0 Å². The third-order valence-corrected chi connectivity index (χ3v) is 6.37. The number of nitrogens with zero attached hydrogens (tertiary/aromatic N) is 2. The predicted octanol–water partition coefficient (Wildman–Crippen LogP) is 3.97. The zero-order valence-electron chi connectivity index (χ0n) is 19.3. The van der Waals surface area contributed by atoms with E-state index in [2.05, 4.69) is 10.4 Å². The first kappa shape index (κ1) is 23.6. The van der Waals surface area contributed by atoms with E-state index in [0.29, 0.717) is 43.2 Å². The van der Waals surface area contributed by atoms with Gasteiger partial charge in [-0.15, -0.1) is 0 Å². The van der Waals surface area contributed by atoms with Crippen molar-refractivity contribution < 1.29 is 23.5 Å². The van der Waals surface area contributed by atoms with Crippen LogP contribution >= 0.6 is 0 Å². The fourth-order valence-corrected chi connectivity index (χ4v) is 4.32. The number of rotatable bonds is 7. The van der Waals surface area contributed by atoms with Crippen molar-refractivity contribution in [3.8, 4) is 5.69 Å². The zero-order chi connectivity index (χ0) is 24.1. The summed E-state index contributed by atoms with van der Waals surface area (Å²) < 4.78 is 25.7. The number of aromatic nitrogens is 2. The normalized spacial score (nSPS) is 15.0. The average Bonchev–Trinajstić information content (AvgIpc) is 3.25. The van der Waals surface area contributed by atoms with Gasteiger partial charge in [-0.2, -0.15) is 5.10 Å². The molecule has 34 heavy (non-hydrogen) atoms. The SMILES string of the molecule is CCOC(=O)c1cnn(-c2ccc(C(=O)NCC3(c4ccc(F)cc4)CCOCC3)cc2)c1C. The van der Waals surface area contributed by atoms with Crippen molar-refractivity contribution in [2.24, 2.45) is 0 Å². The molecule has 8 heteroatoms. The van der Waals surface area contributed by atoms with E-state index in [1.54, 1.807) is 54.9 Å². The maximum absolute atomic E-state index is 13.4. The molecule has 0 radical (unpaired) electrons. The molecular formula is C26H28FN3O4. The quantitative estimate of drug-likeness (QED) is 0.534. The lowest BCUT2D eigenvalue weighted by Crippen LogP contribution is -2.44. The Morgan fingerprint density at radius 2 is 1.79 bits per heavy atom. The molecule has 2 aromatic carbocycles. The molecule has 7 nitrogen and oxygen atoms in total. The lowest BCUT2D eigenvalue weighted by Gasteiger charge is -2.38. The number of benzene rings is 2. The predicted molar refractivity (Wildman–Crippen MR) is 125 cm³/mol. The number of carbonyl (C=O) groups excluding carboxylic acids is 2. The maximum atomic E-state index is 13.4. The second kappa shape index (κ2) is 10.2. The summed E-state index contributed by atoms with van der Waals surface area (Å²) in [6.45, 7) is 5.47. The van der Waals surface area contributed by atoms with Crippen LogP contribution in [0.25, 0.3) is 5.69 Å². The molecule has 1 fully saturated rings. The van der Waals surface area contributed by atoms with Crippen LogP contribution in [0.1, 0.15) is 51.7 Å². The van der Waals surface area contributed by atoms with E-state index in [-0.39, 0.29) is 17.1 Å². The summed E-state index contributed by atoms with van der Waals surface area (Å²) in [6.07, 6.45) is 2.98. The van der Waals surface area contributed by atoms with E-state index in [9.17, 15) is 14.0 Å². The Hall–Kier alpha value is -3.52. The van der Waals surface area contributed by atoms with Crippen LogP contribution in [-0.4, -0.2) is 48.0 Å². The van der Waals surface area contributed by atoms with Gasteiger partial charge in [0, 0.05) is 30.7 Å². The van der Waals surface area contributed by atoms with Gasteiger partial charge in [-0.3, -0.25) is 4.79 Å². The van der Waals surface area contributed by atoms with Gasteiger partial charge in [-0.05, 0) is 68.7 Å². The van der Waals surface area contributed by atoms with E-state index in [4.69, 9.17) is 9.47 Å². The Labute approximate surface area is 197 Å². The molecule has 0 unspecified atom stereocenters. The average molecular weight is 466 g/mol. The molecule has 1 amide bonds. The molecule has 1 N–H and O–H groups in total. The first-order chi connectivity index (χ1) is 16.4. The summed E-state index contributed by atoms with van der Waals surface area (Å²) >= 11 is 0. The highest BCUT2D eigenvalue weighted by atomic mass is 19.1. The largest absolute Gasteiger partial charge is 0.462 e. The summed E-state index contributed by atoms with van der Waals surface area (Å²) in [6, 6.07) is 13.5. The Kier molecular flexibility index (Phi) is 7.07. The van der Waals surface area contributed by atoms with Crippen molar-refractivity contribution in [3.63, 3.8) is 0 Å². The molecule has 2 heterocycles. The summed E-state index contributed by atoms with van der Waals surface area (Å²) in [7, 11) is 0. The molecule has 0 atom stereocenters. The minimum atomic E-state index is -0.412. The number of esters is 1. The summed E-state index contributed by atoms with van der Waals surface area (Å²) in [5, 5.41) is 7.34. The molecule has 0 saturated carbocycles. The molecule has 0 spiro atoms. The molecule has 1 saturated heterocycles. The van der Waals surface area contributed by atoms with Gasteiger partial charge < -0.3 is 14.8 Å². The number of hydrogen-bond donors (Lipinski definition) is 1. The minimum Gasteiger partial charge on any atom is -0.462 e. The van der Waals surface area contributed by atoms with Crippen molar-refractivity contribution in [1.29, 1.82) is 0 Å². The summed E-state index contributed by atoms with van der Waals surface area (Å²) in [5.41, 5.74) is 3.02. The van der Waals surface area contributed by atoms with Crippen LogP contribution < -0.4 is 5.32 Å². The van der Waals surface area contributed by atoms with Crippen LogP contribution in [0, 0.1) is 12.7 Å². The summed E-state index contributed by atoms with van der Waals surface area (Å²) in [4.78, 5) is 25.0. The molecular weight excluding hydrogens is 437 g/mol. The summed E-state index contributed by atoms with van der Waals surface area (Å²) in [5.74, 6) is -0.883. The van der Waals surface area contributed by atoms with Crippen molar-refractivity contribution in [3.05, 3.63) is 82.9 Å². The van der Waals surface area contributed by atoms with E-state index in [1.807, 2.05) is 0 Å². The molecule has 1 aliphatic rings. The number of hydrogen-bond acceptors (Lipinski definition) is 5. The van der Waals surface area contributed by atoms with Gasteiger partial charge in [0.05, 0.1) is 24.2 Å². The van der Waals surface area contributed by atoms with E-state index < -0.39 is 5.97 Å². The lowest BCUT2D eigenvalue weighted by atomic mass is 9.74. The van der Waals surface area contributed by atoms with E-state index in [0.717, 1.165) is 24.1 Å². The van der Waals surface area contributed by atoms with Gasteiger partial charge in [0.25, 0.3) is 5.91 Å². The van der Waals surface area contributed by atoms with Crippen LogP contribution in [0.15, 0.2) is 54.7 Å². The number of carbonyl (C=O) groups is 2. The fraction of sp³-hybridized carbons (Fsp3) is 0.346. The maximum Gasteiger partial charge on any atom is 0.341 e.